The van der Waals surface area contributed by atoms with E-state index >= 15 is 0 Å². The number of nitrogens with zero attached hydrogens (tertiary/aromatic N) is 1. The molecular formula is C14H16N2O2. The molecule has 0 radical (unpaired) electrons. The number of para-hydroxylation sites is 1. The molecule has 4 heteroatoms. The van der Waals surface area contributed by atoms with E-state index in [1.807, 2.05) is 43.3 Å². The van der Waals surface area contributed by atoms with Crippen LogP contribution in [0.3, 0.4) is 0 Å². The maximum absolute atomic E-state index is 9.20. The van der Waals surface area contributed by atoms with Crippen molar-refractivity contribution < 1.29 is 9.84 Å². The fraction of sp³-hybridized carbons (Fsp3) is 0.214. The van der Waals surface area contributed by atoms with Crippen LogP contribution in [-0.2, 0) is 6.61 Å². The molecule has 1 heterocycles. The summed E-state index contributed by atoms with van der Waals surface area (Å²) in [7, 11) is 0. The number of benzene rings is 1. The Morgan fingerprint density at radius 3 is 2.67 bits per heavy atom. The van der Waals surface area contributed by atoms with Gasteiger partial charge in [0.15, 0.2) is 0 Å². The predicted octanol–water partition coefficient (Wildman–Crippen LogP) is 2.39. The third kappa shape index (κ3) is 2.85. The van der Waals surface area contributed by atoms with Crippen molar-refractivity contribution in [3.8, 4) is 11.5 Å². The van der Waals surface area contributed by atoms with Gasteiger partial charge in [-0.25, -0.2) is 0 Å². The van der Waals surface area contributed by atoms with Crippen molar-refractivity contribution in [3.63, 3.8) is 0 Å². The number of aliphatic hydroxyl groups excluding tert-OH is 1. The number of pyridine rings is 1. The van der Waals surface area contributed by atoms with Gasteiger partial charge in [-0.15, -0.1) is 0 Å². The highest BCUT2D eigenvalue weighted by Gasteiger charge is 2.05. The van der Waals surface area contributed by atoms with Gasteiger partial charge in [-0.3, -0.25) is 4.98 Å². The van der Waals surface area contributed by atoms with Gasteiger partial charge in [0, 0.05) is 11.6 Å². The zero-order valence-electron chi connectivity index (χ0n) is 10.2. The number of aliphatic hydroxyl groups is 1. The Morgan fingerprint density at radius 2 is 2.06 bits per heavy atom. The van der Waals surface area contributed by atoms with Crippen LogP contribution in [0, 0.1) is 0 Å². The first-order chi connectivity index (χ1) is 8.70. The van der Waals surface area contributed by atoms with Crippen LogP contribution in [0.15, 0.2) is 42.6 Å². The Labute approximate surface area is 106 Å². The van der Waals surface area contributed by atoms with Gasteiger partial charge in [-0.2, -0.15) is 0 Å². The second kappa shape index (κ2) is 5.62. The van der Waals surface area contributed by atoms with Gasteiger partial charge in [0.25, 0.3) is 0 Å². The molecule has 0 bridgehead atoms. The van der Waals surface area contributed by atoms with Gasteiger partial charge >= 0.3 is 0 Å². The molecular weight excluding hydrogens is 228 g/mol. The van der Waals surface area contributed by atoms with Crippen LogP contribution < -0.4 is 10.5 Å². The highest BCUT2D eigenvalue weighted by molar-refractivity contribution is 5.36. The lowest BCUT2D eigenvalue weighted by atomic mass is 10.2. The van der Waals surface area contributed by atoms with Crippen LogP contribution in [0.2, 0.25) is 0 Å². The first-order valence-electron chi connectivity index (χ1n) is 5.79. The van der Waals surface area contributed by atoms with Crippen LogP contribution in [-0.4, -0.2) is 10.1 Å². The fourth-order valence-electron chi connectivity index (χ4n) is 1.58. The Kier molecular flexibility index (Phi) is 3.92. The van der Waals surface area contributed by atoms with Gasteiger partial charge in [0.05, 0.1) is 18.5 Å². The van der Waals surface area contributed by atoms with E-state index in [0.717, 1.165) is 11.3 Å². The highest BCUT2D eigenvalue weighted by atomic mass is 16.5. The molecule has 0 fully saturated rings. The molecule has 2 rings (SSSR count). The summed E-state index contributed by atoms with van der Waals surface area (Å²) in [5.41, 5.74) is 7.29. The van der Waals surface area contributed by atoms with E-state index in [1.165, 1.54) is 0 Å². The van der Waals surface area contributed by atoms with Crippen LogP contribution >= 0.6 is 0 Å². The van der Waals surface area contributed by atoms with Crippen molar-refractivity contribution >= 4 is 0 Å². The third-order valence-electron chi connectivity index (χ3n) is 2.60. The van der Waals surface area contributed by atoms with Gasteiger partial charge in [-0.1, -0.05) is 18.2 Å². The average molecular weight is 244 g/mol. The van der Waals surface area contributed by atoms with Crippen molar-refractivity contribution in [1.29, 1.82) is 0 Å². The van der Waals surface area contributed by atoms with E-state index in [9.17, 15) is 5.11 Å². The van der Waals surface area contributed by atoms with E-state index in [0.29, 0.717) is 11.5 Å². The number of nitrogens with two attached hydrogens (primary N) is 1. The Morgan fingerprint density at radius 1 is 1.28 bits per heavy atom. The normalized spacial score (nSPS) is 12.2. The van der Waals surface area contributed by atoms with Crippen molar-refractivity contribution in [2.45, 2.75) is 19.6 Å². The lowest BCUT2D eigenvalue weighted by Crippen LogP contribution is -2.06. The molecule has 1 aromatic heterocycles. The molecule has 0 spiro atoms. The minimum Gasteiger partial charge on any atom is -0.455 e. The van der Waals surface area contributed by atoms with Gasteiger partial charge in [0.1, 0.15) is 11.5 Å². The van der Waals surface area contributed by atoms with E-state index in [-0.39, 0.29) is 12.6 Å². The number of ether oxygens (including phenoxy) is 1. The number of rotatable bonds is 4. The Hall–Kier alpha value is -1.91. The minimum absolute atomic E-state index is 0.0540. The van der Waals surface area contributed by atoms with Crippen molar-refractivity contribution in [3.05, 3.63) is 53.9 Å². The van der Waals surface area contributed by atoms with Crippen LogP contribution in [0.4, 0.5) is 0 Å². The third-order valence-corrected chi connectivity index (χ3v) is 2.60. The SMILES string of the molecule is CC(N)c1ccc(Oc2ccccc2CO)cn1. The molecule has 0 saturated carbocycles. The highest BCUT2D eigenvalue weighted by Crippen LogP contribution is 2.25. The number of hydrogen-bond donors (Lipinski definition) is 2. The summed E-state index contributed by atoms with van der Waals surface area (Å²) in [6.07, 6.45) is 1.63. The molecule has 0 aliphatic carbocycles. The summed E-state index contributed by atoms with van der Waals surface area (Å²) in [6.45, 7) is 1.82. The molecule has 94 valence electrons. The molecule has 0 aliphatic heterocycles. The molecule has 2 aromatic rings. The molecule has 0 amide bonds. The second-order valence-electron chi connectivity index (χ2n) is 4.08. The van der Waals surface area contributed by atoms with Gasteiger partial charge in [0.2, 0.25) is 0 Å². The fourth-order valence-corrected chi connectivity index (χ4v) is 1.58. The molecule has 1 aromatic carbocycles. The summed E-state index contributed by atoms with van der Waals surface area (Å²) >= 11 is 0. The average Bonchev–Trinajstić information content (AvgIpc) is 2.40. The van der Waals surface area contributed by atoms with E-state index < -0.39 is 0 Å². The van der Waals surface area contributed by atoms with Gasteiger partial charge in [-0.05, 0) is 25.1 Å². The van der Waals surface area contributed by atoms with Crippen LogP contribution in [0.25, 0.3) is 0 Å². The summed E-state index contributed by atoms with van der Waals surface area (Å²) < 4.78 is 5.67. The molecule has 0 aliphatic rings. The summed E-state index contributed by atoms with van der Waals surface area (Å²) in [6, 6.07) is 10.9. The number of hydrogen-bond acceptors (Lipinski definition) is 4. The minimum atomic E-state index is -0.0937. The monoisotopic (exact) mass is 244 g/mol. The first kappa shape index (κ1) is 12.5. The Balaban J connectivity index is 2.18. The molecule has 4 nitrogen and oxygen atoms in total. The number of aromatic nitrogens is 1. The zero-order valence-corrected chi connectivity index (χ0v) is 10.2. The maximum Gasteiger partial charge on any atom is 0.145 e. The quantitative estimate of drug-likeness (QED) is 0.866. The Bertz CT molecular complexity index is 509. The standard InChI is InChI=1S/C14H16N2O2/c1-10(15)13-7-6-12(8-16-13)18-14-5-3-2-4-11(14)9-17/h2-8,10,17H,9,15H2,1H3. The summed E-state index contributed by atoms with van der Waals surface area (Å²) in [5.74, 6) is 1.26. The zero-order chi connectivity index (χ0) is 13.0. The van der Waals surface area contributed by atoms with Crippen LogP contribution in [0.1, 0.15) is 24.2 Å². The smallest absolute Gasteiger partial charge is 0.145 e. The topological polar surface area (TPSA) is 68.4 Å². The van der Waals surface area contributed by atoms with E-state index in [1.54, 1.807) is 6.20 Å². The maximum atomic E-state index is 9.20. The van der Waals surface area contributed by atoms with Crippen molar-refractivity contribution in [1.82, 2.24) is 4.98 Å². The first-order valence-corrected chi connectivity index (χ1v) is 5.79. The summed E-state index contributed by atoms with van der Waals surface area (Å²) in [4.78, 5) is 4.22. The van der Waals surface area contributed by atoms with Gasteiger partial charge < -0.3 is 15.6 Å². The molecule has 0 saturated heterocycles. The molecule has 1 atom stereocenters. The van der Waals surface area contributed by atoms with Crippen molar-refractivity contribution in [2.24, 2.45) is 5.73 Å². The second-order valence-corrected chi connectivity index (χ2v) is 4.08. The largest absolute Gasteiger partial charge is 0.455 e. The van der Waals surface area contributed by atoms with E-state index in [4.69, 9.17) is 10.5 Å². The lowest BCUT2D eigenvalue weighted by molar-refractivity contribution is 0.276. The predicted molar refractivity (Wildman–Crippen MR) is 69.3 cm³/mol. The molecule has 1 unspecified atom stereocenters. The summed E-state index contributed by atoms with van der Waals surface area (Å²) in [5, 5.41) is 9.20. The van der Waals surface area contributed by atoms with Crippen LogP contribution in [0.5, 0.6) is 11.5 Å². The molecule has 3 N–H and O–H groups in total. The lowest BCUT2D eigenvalue weighted by Gasteiger charge is -2.10. The van der Waals surface area contributed by atoms with Crippen molar-refractivity contribution in [2.75, 3.05) is 0 Å². The van der Waals surface area contributed by atoms with E-state index in [2.05, 4.69) is 4.98 Å². The molecule has 18 heavy (non-hydrogen) atoms.